The van der Waals surface area contributed by atoms with Gasteiger partial charge in [-0.2, -0.15) is 0 Å². The number of nitro groups is 1. The van der Waals surface area contributed by atoms with E-state index in [4.69, 9.17) is 9.15 Å². The highest BCUT2D eigenvalue weighted by Crippen LogP contribution is 2.28. The van der Waals surface area contributed by atoms with Crippen molar-refractivity contribution in [2.24, 2.45) is 0 Å². The van der Waals surface area contributed by atoms with Crippen LogP contribution in [0.3, 0.4) is 0 Å². The van der Waals surface area contributed by atoms with Gasteiger partial charge in [-0.25, -0.2) is 4.79 Å². The van der Waals surface area contributed by atoms with Crippen molar-refractivity contribution in [3.05, 3.63) is 63.1 Å². The molecule has 1 fully saturated rings. The maximum atomic E-state index is 12.8. The molecule has 2 aromatic carbocycles. The lowest BCUT2D eigenvalue weighted by Crippen LogP contribution is -2.50. The van der Waals surface area contributed by atoms with E-state index >= 15 is 0 Å². The van der Waals surface area contributed by atoms with Gasteiger partial charge in [-0.3, -0.25) is 19.5 Å². The van der Waals surface area contributed by atoms with Gasteiger partial charge in [-0.15, -0.1) is 0 Å². The van der Waals surface area contributed by atoms with Gasteiger partial charge >= 0.3 is 5.76 Å². The van der Waals surface area contributed by atoms with Gasteiger partial charge in [0.25, 0.3) is 5.69 Å². The summed E-state index contributed by atoms with van der Waals surface area (Å²) in [5, 5.41) is 10.9. The average molecular weight is 412 g/mol. The Morgan fingerprint density at radius 1 is 1.17 bits per heavy atom. The number of carbonyl (C=O) groups excluding carboxylic acids is 1. The number of ether oxygens (including phenoxy) is 1. The molecule has 4 rings (SSSR count). The van der Waals surface area contributed by atoms with Crippen molar-refractivity contribution in [1.82, 2.24) is 9.47 Å². The van der Waals surface area contributed by atoms with E-state index in [0.29, 0.717) is 31.7 Å². The number of fused-ring (bicyclic) bond motifs is 1. The number of non-ortho nitro benzene ring substituents is 1. The molecule has 10 heteroatoms. The van der Waals surface area contributed by atoms with Crippen molar-refractivity contribution in [3.8, 4) is 5.75 Å². The van der Waals surface area contributed by atoms with Crippen molar-refractivity contribution in [1.29, 1.82) is 0 Å². The number of carbonyl (C=O) groups is 1. The second-order valence-electron chi connectivity index (χ2n) is 6.90. The first kappa shape index (κ1) is 19.5. The Hall–Kier alpha value is -3.82. The van der Waals surface area contributed by atoms with Crippen molar-refractivity contribution in [2.45, 2.75) is 6.54 Å². The fourth-order valence-electron chi connectivity index (χ4n) is 3.64. The molecule has 0 atom stereocenters. The molecule has 156 valence electrons. The summed E-state index contributed by atoms with van der Waals surface area (Å²) in [6.07, 6.45) is 0. The van der Waals surface area contributed by atoms with Crippen LogP contribution < -0.4 is 15.4 Å². The zero-order valence-corrected chi connectivity index (χ0v) is 16.3. The van der Waals surface area contributed by atoms with Crippen LogP contribution in [0, 0.1) is 10.1 Å². The molecule has 0 N–H and O–H groups in total. The number of piperazine rings is 1. The summed E-state index contributed by atoms with van der Waals surface area (Å²) in [6, 6.07) is 11.6. The minimum absolute atomic E-state index is 0.0861. The number of hydrogen-bond acceptors (Lipinski definition) is 7. The van der Waals surface area contributed by atoms with Crippen molar-refractivity contribution in [3.63, 3.8) is 0 Å². The molecule has 0 saturated carbocycles. The number of aromatic nitrogens is 1. The molecule has 10 nitrogen and oxygen atoms in total. The summed E-state index contributed by atoms with van der Waals surface area (Å²) >= 11 is 0. The van der Waals surface area contributed by atoms with Crippen LogP contribution in [-0.2, 0) is 11.3 Å². The molecule has 0 bridgehead atoms. The maximum absolute atomic E-state index is 12.8. The van der Waals surface area contributed by atoms with Crippen molar-refractivity contribution < 1.29 is 18.9 Å². The van der Waals surface area contributed by atoms with Gasteiger partial charge in [0, 0.05) is 32.2 Å². The summed E-state index contributed by atoms with van der Waals surface area (Å²) in [4.78, 5) is 39.1. The molecule has 0 spiro atoms. The Bertz CT molecular complexity index is 1160. The lowest BCUT2D eigenvalue weighted by molar-refractivity contribution is -0.384. The smallest absolute Gasteiger partial charge is 0.420 e. The number of nitrogens with zero attached hydrogens (tertiary/aromatic N) is 4. The summed E-state index contributed by atoms with van der Waals surface area (Å²) in [7, 11) is 1.63. The monoisotopic (exact) mass is 412 g/mol. The van der Waals surface area contributed by atoms with Crippen LogP contribution >= 0.6 is 0 Å². The van der Waals surface area contributed by atoms with E-state index in [-0.39, 0.29) is 23.7 Å². The lowest BCUT2D eigenvalue weighted by Gasteiger charge is -2.36. The normalized spacial score (nSPS) is 14.2. The Morgan fingerprint density at radius 2 is 1.90 bits per heavy atom. The molecule has 30 heavy (non-hydrogen) atoms. The number of amides is 1. The molecule has 0 radical (unpaired) electrons. The zero-order chi connectivity index (χ0) is 21.3. The molecule has 0 unspecified atom stereocenters. The number of benzene rings is 2. The predicted octanol–water partition coefficient (Wildman–Crippen LogP) is 1.86. The minimum atomic E-state index is -0.716. The first-order chi connectivity index (χ1) is 14.5. The van der Waals surface area contributed by atoms with E-state index < -0.39 is 10.7 Å². The van der Waals surface area contributed by atoms with Gasteiger partial charge in [-0.1, -0.05) is 12.1 Å². The largest absolute Gasteiger partial charge is 0.495 e. The predicted molar refractivity (Wildman–Crippen MR) is 109 cm³/mol. The van der Waals surface area contributed by atoms with E-state index in [1.807, 2.05) is 24.3 Å². The Labute approximate surface area is 171 Å². The van der Waals surface area contributed by atoms with E-state index in [1.165, 1.54) is 22.8 Å². The number of nitro benzene ring substituents is 1. The summed E-state index contributed by atoms with van der Waals surface area (Å²) in [6.45, 7) is 2.11. The third kappa shape index (κ3) is 3.59. The van der Waals surface area contributed by atoms with Crippen LogP contribution in [0.25, 0.3) is 11.1 Å². The van der Waals surface area contributed by atoms with E-state index in [0.717, 1.165) is 11.4 Å². The lowest BCUT2D eigenvalue weighted by atomic mass is 10.2. The minimum Gasteiger partial charge on any atom is -0.495 e. The number of para-hydroxylation sites is 2. The highest BCUT2D eigenvalue weighted by molar-refractivity contribution is 5.81. The Balaban J connectivity index is 1.46. The van der Waals surface area contributed by atoms with Crippen molar-refractivity contribution >= 4 is 28.4 Å². The second-order valence-corrected chi connectivity index (χ2v) is 6.90. The Kier molecular flexibility index (Phi) is 5.13. The Morgan fingerprint density at radius 3 is 2.60 bits per heavy atom. The molecule has 1 amide bonds. The van der Waals surface area contributed by atoms with Crippen LogP contribution in [0.15, 0.2) is 51.7 Å². The zero-order valence-electron chi connectivity index (χ0n) is 16.3. The van der Waals surface area contributed by atoms with Crippen LogP contribution in [0.5, 0.6) is 5.75 Å². The van der Waals surface area contributed by atoms with Crippen LogP contribution in [0.1, 0.15) is 0 Å². The molecule has 1 aromatic heterocycles. The highest BCUT2D eigenvalue weighted by atomic mass is 16.6. The summed E-state index contributed by atoms with van der Waals surface area (Å²) < 4.78 is 11.7. The number of oxazole rings is 1. The molecule has 1 saturated heterocycles. The number of hydrogen-bond donors (Lipinski definition) is 0. The molecular weight excluding hydrogens is 392 g/mol. The standard InChI is InChI=1S/C20H20N4O6/c1-29-17-5-3-2-4-15(17)21-8-10-22(11-9-21)19(25)13-23-16-7-6-14(24(27)28)12-18(16)30-20(23)26/h2-7,12H,8-11,13H2,1H3. The average Bonchev–Trinajstić information content (AvgIpc) is 3.08. The van der Waals surface area contributed by atoms with Gasteiger partial charge in [0.1, 0.15) is 12.3 Å². The van der Waals surface area contributed by atoms with Gasteiger partial charge in [0.15, 0.2) is 5.58 Å². The fourth-order valence-corrected chi connectivity index (χ4v) is 3.64. The van der Waals surface area contributed by atoms with Gasteiger partial charge < -0.3 is 19.0 Å². The maximum Gasteiger partial charge on any atom is 0.420 e. The quantitative estimate of drug-likeness (QED) is 0.464. The van der Waals surface area contributed by atoms with Crippen molar-refractivity contribution in [2.75, 3.05) is 38.2 Å². The molecule has 2 heterocycles. The third-order valence-corrected chi connectivity index (χ3v) is 5.21. The SMILES string of the molecule is COc1ccccc1N1CCN(C(=O)Cn2c(=O)oc3cc([N+](=O)[O-])ccc32)CC1. The van der Waals surface area contributed by atoms with Gasteiger partial charge in [0.2, 0.25) is 5.91 Å². The fraction of sp³-hybridized carbons (Fsp3) is 0.300. The number of anilines is 1. The molecule has 1 aliphatic heterocycles. The first-order valence-electron chi connectivity index (χ1n) is 9.41. The van der Waals surface area contributed by atoms with E-state index in [2.05, 4.69) is 4.90 Å². The summed E-state index contributed by atoms with van der Waals surface area (Å²) in [5.74, 6) is -0.146. The first-order valence-corrected chi connectivity index (χ1v) is 9.41. The van der Waals surface area contributed by atoms with E-state index in [9.17, 15) is 19.7 Å². The van der Waals surface area contributed by atoms with Crippen LogP contribution in [0.2, 0.25) is 0 Å². The highest BCUT2D eigenvalue weighted by Gasteiger charge is 2.24. The van der Waals surface area contributed by atoms with E-state index in [1.54, 1.807) is 12.0 Å². The van der Waals surface area contributed by atoms with Crippen LogP contribution in [-0.4, -0.2) is 53.6 Å². The second kappa shape index (κ2) is 7.90. The number of methoxy groups -OCH3 is 1. The topological polar surface area (TPSA) is 111 Å². The molecular formula is C20H20N4O6. The van der Waals surface area contributed by atoms with Gasteiger partial charge in [0.05, 0.1) is 29.3 Å². The molecule has 3 aromatic rings. The third-order valence-electron chi connectivity index (χ3n) is 5.21. The summed E-state index contributed by atoms with van der Waals surface area (Å²) in [5.41, 5.74) is 1.24. The number of rotatable bonds is 5. The molecule has 0 aliphatic carbocycles. The molecule has 1 aliphatic rings. The van der Waals surface area contributed by atoms with Gasteiger partial charge in [-0.05, 0) is 18.2 Å². The van der Waals surface area contributed by atoms with Crippen LogP contribution in [0.4, 0.5) is 11.4 Å².